The number of nitrogens with one attached hydrogen (secondary N) is 2. The molecule has 10 heteroatoms. The third kappa shape index (κ3) is 4.25. The lowest BCUT2D eigenvalue weighted by molar-refractivity contribution is 0.491. The first-order chi connectivity index (χ1) is 16.1. The minimum atomic E-state index is -3.66. The molecule has 34 heavy (non-hydrogen) atoms. The topological polar surface area (TPSA) is 106 Å². The molecule has 0 radical (unpaired) electrons. The van der Waals surface area contributed by atoms with E-state index in [1.165, 1.54) is 0 Å². The zero-order valence-electron chi connectivity index (χ0n) is 19.3. The second-order valence-electron chi connectivity index (χ2n) is 9.19. The molecule has 0 saturated heterocycles. The average molecular weight is 476 g/mol. The number of hydrogen-bond acceptors (Lipinski definition) is 6. The number of anilines is 2. The van der Waals surface area contributed by atoms with Crippen molar-refractivity contribution in [2.24, 2.45) is 7.05 Å². The number of hydrogen-bond donors (Lipinski definition) is 2. The van der Waals surface area contributed by atoms with E-state index in [0.29, 0.717) is 5.95 Å². The van der Waals surface area contributed by atoms with E-state index >= 15 is 0 Å². The number of aryl methyl sites for hydroxylation is 1. The molecular weight excluding hydrogens is 450 g/mol. The summed E-state index contributed by atoms with van der Waals surface area (Å²) >= 11 is 0. The molecule has 5 aromatic rings. The lowest BCUT2D eigenvalue weighted by Crippen LogP contribution is -2.40. The molecule has 0 aliphatic carbocycles. The Morgan fingerprint density at radius 2 is 1.79 bits per heavy atom. The normalized spacial score (nSPS) is 12.5. The molecule has 0 unspecified atom stereocenters. The first kappa shape index (κ1) is 22.1. The van der Waals surface area contributed by atoms with Crippen LogP contribution in [-0.4, -0.2) is 38.3 Å². The van der Waals surface area contributed by atoms with Crippen LogP contribution in [0.25, 0.3) is 27.7 Å². The van der Waals surface area contributed by atoms with Gasteiger partial charge in [0.1, 0.15) is 0 Å². The van der Waals surface area contributed by atoms with E-state index in [4.69, 9.17) is 0 Å². The fraction of sp³-hybridized carbons (Fsp3) is 0.208. The molecule has 3 aromatic heterocycles. The largest absolute Gasteiger partial charge is 0.323 e. The van der Waals surface area contributed by atoms with Crippen LogP contribution in [0.3, 0.4) is 0 Å². The second-order valence-corrected chi connectivity index (χ2v) is 10.9. The van der Waals surface area contributed by atoms with Gasteiger partial charge < -0.3 is 5.32 Å². The molecule has 2 aromatic carbocycles. The second kappa shape index (κ2) is 7.93. The third-order valence-corrected chi connectivity index (χ3v) is 7.04. The molecule has 0 aliphatic heterocycles. The van der Waals surface area contributed by atoms with Crippen molar-refractivity contribution in [2.45, 2.75) is 31.2 Å². The average Bonchev–Trinajstić information content (AvgIpc) is 3.35. The molecule has 0 amide bonds. The molecule has 0 atom stereocenters. The molecule has 0 saturated carbocycles. The van der Waals surface area contributed by atoms with Crippen LogP contribution in [0.1, 0.15) is 20.8 Å². The van der Waals surface area contributed by atoms with Crippen LogP contribution in [0, 0.1) is 0 Å². The van der Waals surface area contributed by atoms with E-state index in [2.05, 4.69) is 25.2 Å². The van der Waals surface area contributed by atoms with Crippen molar-refractivity contribution in [1.82, 2.24) is 29.1 Å². The van der Waals surface area contributed by atoms with Crippen molar-refractivity contribution >= 4 is 38.1 Å². The Balaban J connectivity index is 1.50. The molecule has 0 fully saturated rings. The molecule has 9 nitrogen and oxygen atoms in total. The van der Waals surface area contributed by atoms with Crippen LogP contribution < -0.4 is 10.0 Å². The summed E-state index contributed by atoms with van der Waals surface area (Å²) in [6, 6.07) is 16.6. The number of benzene rings is 2. The van der Waals surface area contributed by atoms with Crippen LogP contribution in [0.2, 0.25) is 0 Å². The maximum absolute atomic E-state index is 12.8. The Morgan fingerprint density at radius 3 is 2.59 bits per heavy atom. The molecule has 0 aliphatic rings. The van der Waals surface area contributed by atoms with E-state index in [1.54, 1.807) is 28.9 Å². The SMILES string of the molecule is Cn1ncc2cc(Nc3ncc4ccc(-c5cccc(S(=O)(=O)NC(C)(C)C)c5)n4n3)ccc21. The summed E-state index contributed by atoms with van der Waals surface area (Å²) in [5, 5.41) is 13.2. The summed E-state index contributed by atoms with van der Waals surface area (Å²) in [6.45, 7) is 5.44. The summed E-state index contributed by atoms with van der Waals surface area (Å²) in [4.78, 5) is 4.62. The summed E-state index contributed by atoms with van der Waals surface area (Å²) in [6.07, 6.45) is 3.54. The summed E-state index contributed by atoms with van der Waals surface area (Å²) in [7, 11) is -1.76. The Kier molecular flexibility index (Phi) is 5.14. The van der Waals surface area contributed by atoms with Crippen molar-refractivity contribution in [3.8, 4) is 11.3 Å². The maximum atomic E-state index is 12.8. The van der Waals surface area contributed by atoms with Gasteiger partial charge in [-0.1, -0.05) is 12.1 Å². The Morgan fingerprint density at radius 1 is 0.971 bits per heavy atom. The van der Waals surface area contributed by atoms with Gasteiger partial charge in [0.25, 0.3) is 0 Å². The van der Waals surface area contributed by atoms with Crippen molar-refractivity contribution < 1.29 is 8.42 Å². The highest BCUT2D eigenvalue weighted by molar-refractivity contribution is 7.89. The van der Waals surface area contributed by atoms with E-state index in [9.17, 15) is 8.42 Å². The van der Waals surface area contributed by atoms with Crippen molar-refractivity contribution in [3.05, 3.63) is 67.0 Å². The van der Waals surface area contributed by atoms with Gasteiger partial charge in [0.15, 0.2) is 0 Å². The fourth-order valence-corrected chi connectivity index (χ4v) is 5.30. The van der Waals surface area contributed by atoms with Crippen molar-refractivity contribution in [2.75, 3.05) is 5.32 Å². The first-order valence-electron chi connectivity index (χ1n) is 10.8. The predicted molar refractivity (Wildman–Crippen MR) is 132 cm³/mol. The zero-order valence-corrected chi connectivity index (χ0v) is 20.1. The Hall–Kier alpha value is -3.76. The fourth-order valence-electron chi connectivity index (χ4n) is 3.83. The van der Waals surface area contributed by atoms with Crippen LogP contribution in [0.15, 0.2) is 71.9 Å². The molecule has 0 spiro atoms. The lowest BCUT2D eigenvalue weighted by Gasteiger charge is -2.20. The van der Waals surface area contributed by atoms with Gasteiger partial charge in [-0.3, -0.25) is 4.68 Å². The van der Waals surface area contributed by atoms with Gasteiger partial charge in [-0.15, -0.1) is 5.10 Å². The summed E-state index contributed by atoms with van der Waals surface area (Å²) in [5.74, 6) is 0.423. The minimum absolute atomic E-state index is 0.201. The number of nitrogens with zero attached hydrogens (tertiary/aromatic N) is 5. The van der Waals surface area contributed by atoms with Crippen LogP contribution in [-0.2, 0) is 17.1 Å². The van der Waals surface area contributed by atoms with Gasteiger partial charge in [0.05, 0.1) is 34.0 Å². The molecule has 3 heterocycles. The molecule has 5 rings (SSSR count). The van der Waals surface area contributed by atoms with Gasteiger partial charge >= 0.3 is 0 Å². The van der Waals surface area contributed by atoms with Crippen molar-refractivity contribution in [3.63, 3.8) is 0 Å². The highest BCUT2D eigenvalue weighted by atomic mass is 32.2. The highest BCUT2D eigenvalue weighted by Gasteiger charge is 2.22. The van der Waals surface area contributed by atoms with Gasteiger partial charge in [0, 0.05) is 29.2 Å². The Bertz CT molecular complexity index is 1630. The first-order valence-corrected chi connectivity index (χ1v) is 12.3. The quantitative estimate of drug-likeness (QED) is 0.396. The number of fused-ring (bicyclic) bond motifs is 2. The molecular formula is C24H25N7O2S. The predicted octanol–water partition coefficient (Wildman–Crippen LogP) is 4.10. The number of sulfonamides is 1. The van der Waals surface area contributed by atoms with E-state index in [1.807, 2.05) is 75.1 Å². The lowest BCUT2D eigenvalue weighted by atomic mass is 10.1. The van der Waals surface area contributed by atoms with Crippen LogP contribution in [0.4, 0.5) is 11.6 Å². The molecule has 2 N–H and O–H groups in total. The van der Waals surface area contributed by atoms with Crippen LogP contribution >= 0.6 is 0 Å². The minimum Gasteiger partial charge on any atom is -0.323 e. The zero-order chi connectivity index (χ0) is 24.1. The Labute approximate surface area is 197 Å². The summed E-state index contributed by atoms with van der Waals surface area (Å²) < 4.78 is 31.9. The van der Waals surface area contributed by atoms with Crippen molar-refractivity contribution in [1.29, 1.82) is 0 Å². The number of rotatable bonds is 5. The van der Waals surface area contributed by atoms with E-state index < -0.39 is 15.6 Å². The maximum Gasteiger partial charge on any atom is 0.245 e. The van der Waals surface area contributed by atoms with Gasteiger partial charge in [0.2, 0.25) is 16.0 Å². The number of aromatic nitrogens is 5. The molecule has 174 valence electrons. The van der Waals surface area contributed by atoms with Gasteiger partial charge in [-0.05, 0) is 63.2 Å². The summed E-state index contributed by atoms with van der Waals surface area (Å²) in [5.41, 5.74) is 3.59. The van der Waals surface area contributed by atoms with Gasteiger partial charge in [-0.25, -0.2) is 22.6 Å². The standard InChI is InChI=1S/C24H25N7O2S/c1-24(2,3)29-34(32,33)20-7-5-6-16(13-20)22-11-9-19-15-25-23(28-31(19)22)27-18-8-10-21-17(12-18)14-26-30(21)4/h5-15,29H,1-4H3,(H,27,28). The van der Waals surface area contributed by atoms with E-state index in [0.717, 1.165) is 33.4 Å². The van der Waals surface area contributed by atoms with E-state index in [-0.39, 0.29) is 4.90 Å². The monoisotopic (exact) mass is 475 g/mol. The van der Waals surface area contributed by atoms with Crippen LogP contribution in [0.5, 0.6) is 0 Å². The molecule has 0 bridgehead atoms. The smallest absolute Gasteiger partial charge is 0.245 e. The van der Waals surface area contributed by atoms with Gasteiger partial charge in [-0.2, -0.15) is 5.10 Å². The third-order valence-electron chi connectivity index (χ3n) is 5.28. The highest BCUT2D eigenvalue weighted by Crippen LogP contribution is 2.26.